The minimum absolute atomic E-state index is 0.237. The molecule has 0 aliphatic carbocycles. The van der Waals surface area contributed by atoms with Crippen LogP contribution < -0.4 is 4.90 Å². The number of nitrogens with zero attached hydrogens (tertiary/aromatic N) is 2. The molecule has 2 aliphatic rings. The van der Waals surface area contributed by atoms with Crippen molar-refractivity contribution in [2.75, 3.05) is 12.0 Å². The number of anilines is 1. The number of hydrogen-bond acceptors (Lipinski definition) is 5. The summed E-state index contributed by atoms with van der Waals surface area (Å²) in [6.45, 7) is 7.27. The fourth-order valence-electron chi connectivity index (χ4n) is 4.61. The first-order valence-electron chi connectivity index (χ1n) is 10.6. The van der Waals surface area contributed by atoms with E-state index in [2.05, 4.69) is 0 Å². The van der Waals surface area contributed by atoms with Crippen molar-refractivity contribution in [1.29, 1.82) is 0 Å². The average Bonchev–Trinajstić information content (AvgIpc) is 3.01. The number of amides is 3. The van der Waals surface area contributed by atoms with Crippen LogP contribution in [-0.4, -0.2) is 47.3 Å². The molecule has 0 saturated carbocycles. The molecule has 2 aromatic carbocycles. The molecule has 32 heavy (non-hydrogen) atoms. The molecule has 166 valence electrons. The zero-order valence-corrected chi connectivity index (χ0v) is 18.8. The fraction of sp³-hybridized carbons (Fsp3) is 0.360. The summed E-state index contributed by atoms with van der Waals surface area (Å²) in [5.74, 6) is -1.82. The Morgan fingerprint density at radius 3 is 2.31 bits per heavy atom. The number of benzene rings is 2. The van der Waals surface area contributed by atoms with Crippen LogP contribution >= 0.6 is 0 Å². The Balaban J connectivity index is 1.74. The Hall–Kier alpha value is -3.48. The van der Waals surface area contributed by atoms with Crippen LogP contribution in [0.25, 0.3) is 0 Å². The van der Waals surface area contributed by atoms with E-state index >= 15 is 0 Å². The lowest BCUT2D eigenvalue weighted by Crippen LogP contribution is -2.45. The van der Waals surface area contributed by atoms with Crippen LogP contribution in [0.3, 0.4) is 0 Å². The lowest BCUT2D eigenvalue weighted by molar-refractivity contribution is -0.142. The van der Waals surface area contributed by atoms with E-state index in [1.54, 1.807) is 37.8 Å². The van der Waals surface area contributed by atoms with Gasteiger partial charge in [-0.3, -0.25) is 24.1 Å². The number of ether oxygens (including phenoxy) is 1. The van der Waals surface area contributed by atoms with Crippen molar-refractivity contribution >= 4 is 29.4 Å². The molecule has 0 bridgehead atoms. The Kier molecular flexibility index (Phi) is 5.15. The highest BCUT2D eigenvalue weighted by molar-refractivity contribution is 6.23. The van der Waals surface area contributed by atoms with E-state index in [0.717, 1.165) is 5.56 Å². The normalized spacial score (nSPS) is 20.2. The summed E-state index contributed by atoms with van der Waals surface area (Å²) in [6, 6.07) is 11.7. The summed E-state index contributed by atoms with van der Waals surface area (Å²) < 4.78 is 4.97. The second kappa shape index (κ2) is 7.58. The van der Waals surface area contributed by atoms with Gasteiger partial charge in [-0.15, -0.1) is 0 Å². The Morgan fingerprint density at radius 1 is 1.00 bits per heavy atom. The third-order valence-corrected chi connectivity index (χ3v) is 6.10. The molecule has 7 heteroatoms. The number of imide groups is 1. The van der Waals surface area contributed by atoms with Gasteiger partial charge < -0.3 is 9.64 Å². The van der Waals surface area contributed by atoms with Crippen molar-refractivity contribution in [1.82, 2.24) is 4.90 Å². The summed E-state index contributed by atoms with van der Waals surface area (Å²) in [5.41, 5.74) is 1.57. The van der Waals surface area contributed by atoms with Gasteiger partial charge >= 0.3 is 5.97 Å². The Bertz CT molecular complexity index is 1150. The van der Waals surface area contributed by atoms with Crippen LogP contribution in [0.4, 0.5) is 5.69 Å². The molecule has 0 radical (unpaired) electrons. The molecule has 2 aromatic rings. The lowest BCUT2D eigenvalue weighted by Gasteiger charge is -2.38. The molecular weight excluding hydrogens is 408 g/mol. The monoisotopic (exact) mass is 434 g/mol. The number of rotatable bonds is 2. The maximum absolute atomic E-state index is 13.6. The van der Waals surface area contributed by atoms with E-state index in [0.29, 0.717) is 23.2 Å². The molecule has 0 saturated heterocycles. The van der Waals surface area contributed by atoms with Gasteiger partial charge in [0.25, 0.3) is 17.7 Å². The van der Waals surface area contributed by atoms with E-state index in [-0.39, 0.29) is 29.4 Å². The molecule has 2 atom stereocenters. The minimum Gasteiger partial charge on any atom is -0.469 e. The van der Waals surface area contributed by atoms with Crippen LogP contribution in [0.5, 0.6) is 0 Å². The quantitative estimate of drug-likeness (QED) is 0.531. The molecule has 0 aromatic heterocycles. The van der Waals surface area contributed by atoms with Gasteiger partial charge in [0, 0.05) is 22.8 Å². The average molecular weight is 434 g/mol. The van der Waals surface area contributed by atoms with E-state index in [4.69, 9.17) is 4.74 Å². The maximum Gasteiger partial charge on any atom is 0.313 e. The predicted molar refractivity (Wildman–Crippen MR) is 119 cm³/mol. The first kappa shape index (κ1) is 21.7. The van der Waals surface area contributed by atoms with Crippen molar-refractivity contribution in [3.8, 4) is 0 Å². The van der Waals surface area contributed by atoms with Crippen molar-refractivity contribution in [3.05, 3.63) is 64.7 Å². The summed E-state index contributed by atoms with van der Waals surface area (Å²) in [6.07, 6.45) is 0.426. The standard InChI is InChI=1S/C25H26N2O5/c1-14-12-19(24(31)32-5)16-8-6-7-9-20(16)26(14)21(28)15-10-11-17-18(13-15)23(30)27(22(17)29)25(2,3)4/h6-11,13-14,19H,12H2,1-5H3. The predicted octanol–water partition coefficient (Wildman–Crippen LogP) is 3.78. The zero-order chi connectivity index (χ0) is 23.4. The first-order chi connectivity index (χ1) is 15.1. The molecule has 2 aliphatic heterocycles. The molecule has 0 fully saturated rings. The summed E-state index contributed by atoms with van der Waals surface area (Å²) >= 11 is 0. The van der Waals surface area contributed by atoms with Crippen LogP contribution in [0.2, 0.25) is 0 Å². The van der Waals surface area contributed by atoms with Gasteiger partial charge in [-0.1, -0.05) is 18.2 Å². The van der Waals surface area contributed by atoms with Gasteiger partial charge in [0.1, 0.15) is 0 Å². The highest BCUT2D eigenvalue weighted by Gasteiger charge is 2.43. The lowest BCUT2D eigenvalue weighted by atomic mass is 9.85. The van der Waals surface area contributed by atoms with Gasteiger partial charge in [0.2, 0.25) is 0 Å². The van der Waals surface area contributed by atoms with Crippen LogP contribution in [0.15, 0.2) is 42.5 Å². The molecule has 0 spiro atoms. The van der Waals surface area contributed by atoms with E-state index in [9.17, 15) is 19.2 Å². The summed E-state index contributed by atoms with van der Waals surface area (Å²) in [4.78, 5) is 54.5. The van der Waals surface area contributed by atoms with E-state index in [1.165, 1.54) is 18.1 Å². The van der Waals surface area contributed by atoms with Crippen LogP contribution in [-0.2, 0) is 9.53 Å². The molecule has 7 nitrogen and oxygen atoms in total. The summed E-state index contributed by atoms with van der Waals surface area (Å²) in [5, 5.41) is 0. The van der Waals surface area contributed by atoms with Crippen molar-refractivity contribution in [2.45, 2.75) is 51.6 Å². The van der Waals surface area contributed by atoms with Gasteiger partial charge in [-0.2, -0.15) is 0 Å². The third kappa shape index (κ3) is 3.28. The number of para-hydroxylation sites is 1. The maximum atomic E-state index is 13.6. The van der Waals surface area contributed by atoms with Crippen molar-refractivity contribution in [3.63, 3.8) is 0 Å². The molecule has 2 heterocycles. The van der Waals surface area contributed by atoms with Crippen molar-refractivity contribution in [2.24, 2.45) is 0 Å². The van der Waals surface area contributed by atoms with Crippen molar-refractivity contribution < 1.29 is 23.9 Å². The van der Waals surface area contributed by atoms with Gasteiger partial charge in [0.05, 0.1) is 24.2 Å². The minimum atomic E-state index is -0.666. The van der Waals surface area contributed by atoms with Crippen LogP contribution in [0.1, 0.15) is 76.7 Å². The number of carbonyl (C=O) groups is 4. The smallest absolute Gasteiger partial charge is 0.313 e. The number of methoxy groups -OCH3 is 1. The molecule has 3 amide bonds. The van der Waals surface area contributed by atoms with E-state index < -0.39 is 17.4 Å². The number of carbonyl (C=O) groups excluding carboxylic acids is 4. The number of hydrogen-bond donors (Lipinski definition) is 0. The highest BCUT2D eigenvalue weighted by atomic mass is 16.5. The second-order valence-corrected chi connectivity index (χ2v) is 9.27. The third-order valence-electron chi connectivity index (χ3n) is 6.10. The largest absolute Gasteiger partial charge is 0.469 e. The zero-order valence-electron chi connectivity index (χ0n) is 18.8. The Morgan fingerprint density at radius 2 is 1.66 bits per heavy atom. The highest BCUT2D eigenvalue weighted by Crippen LogP contribution is 2.40. The topological polar surface area (TPSA) is 84.0 Å². The van der Waals surface area contributed by atoms with Gasteiger partial charge in [-0.25, -0.2) is 0 Å². The Labute approximate surface area is 187 Å². The first-order valence-corrected chi connectivity index (χ1v) is 10.6. The molecule has 2 unspecified atom stereocenters. The SMILES string of the molecule is COC(=O)C1CC(C)N(C(=O)c2ccc3c(c2)C(=O)N(C(C)(C)C)C3=O)c2ccccc21. The molecule has 4 rings (SSSR count). The number of fused-ring (bicyclic) bond motifs is 2. The number of esters is 1. The molecule has 0 N–H and O–H groups in total. The second-order valence-electron chi connectivity index (χ2n) is 9.27. The fourth-order valence-corrected chi connectivity index (χ4v) is 4.61. The van der Waals surface area contributed by atoms with Gasteiger partial charge in [0.15, 0.2) is 0 Å². The summed E-state index contributed by atoms with van der Waals surface area (Å²) in [7, 11) is 1.36. The molecular formula is C25H26N2O5. The van der Waals surface area contributed by atoms with Crippen LogP contribution in [0, 0.1) is 0 Å². The van der Waals surface area contributed by atoms with Gasteiger partial charge in [-0.05, 0) is 63.9 Å². The van der Waals surface area contributed by atoms with E-state index in [1.807, 2.05) is 31.2 Å².